The van der Waals surface area contributed by atoms with Crippen molar-refractivity contribution in [2.24, 2.45) is 0 Å². The summed E-state index contributed by atoms with van der Waals surface area (Å²) in [7, 11) is 0. The minimum atomic E-state index is -1.07. The molecule has 2 aromatic carbocycles. The lowest BCUT2D eigenvalue weighted by Crippen LogP contribution is -2.32. The highest BCUT2D eigenvalue weighted by Gasteiger charge is 2.30. The van der Waals surface area contributed by atoms with Crippen molar-refractivity contribution in [3.05, 3.63) is 82.9 Å². The number of aromatic carboxylic acids is 1. The second-order valence-corrected chi connectivity index (χ2v) is 7.90. The van der Waals surface area contributed by atoms with Crippen molar-refractivity contribution in [1.82, 2.24) is 4.98 Å². The highest BCUT2D eigenvalue weighted by Crippen LogP contribution is 2.44. The number of hydrogen-bond acceptors (Lipinski definition) is 5. The molecule has 1 aliphatic rings. The van der Waals surface area contributed by atoms with Gasteiger partial charge in [-0.25, -0.2) is 19.5 Å². The zero-order valence-corrected chi connectivity index (χ0v) is 17.2. The molecular formula is C23H20N2O4S. The lowest BCUT2D eigenvalue weighted by Gasteiger charge is -2.20. The second kappa shape index (κ2) is 8.12. The zero-order chi connectivity index (χ0) is 21.3. The van der Waals surface area contributed by atoms with E-state index in [0.717, 1.165) is 33.6 Å². The van der Waals surface area contributed by atoms with Crippen molar-refractivity contribution in [2.75, 3.05) is 18.1 Å². The summed E-state index contributed by atoms with van der Waals surface area (Å²) in [5.74, 6) is -1.12. The van der Waals surface area contributed by atoms with Gasteiger partial charge in [-0.15, -0.1) is 6.58 Å². The molecule has 0 fully saturated rings. The number of nitrogens with zero attached hydrogens (tertiary/aromatic N) is 2. The second-order valence-electron chi connectivity index (χ2n) is 6.92. The number of anilines is 1. The van der Waals surface area contributed by atoms with Crippen molar-refractivity contribution in [3.63, 3.8) is 0 Å². The summed E-state index contributed by atoms with van der Waals surface area (Å²) < 4.78 is 5.68. The number of thiazole rings is 1. The number of aryl methyl sites for hydroxylation is 1. The molecule has 0 radical (unpaired) electrons. The Morgan fingerprint density at radius 1 is 1.17 bits per heavy atom. The zero-order valence-electron chi connectivity index (χ0n) is 16.4. The van der Waals surface area contributed by atoms with E-state index in [9.17, 15) is 14.7 Å². The summed E-state index contributed by atoms with van der Waals surface area (Å²) in [6, 6.07) is 16.2. The lowest BCUT2D eigenvalue weighted by molar-refractivity contribution is 0.0701. The van der Waals surface area contributed by atoms with Gasteiger partial charge < -0.3 is 9.84 Å². The van der Waals surface area contributed by atoms with E-state index in [1.807, 2.05) is 24.3 Å². The average molecular weight is 420 g/mol. The molecule has 0 unspecified atom stereocenters. The summed E-state index contributed by atoms with van der Waals surface area (Å²) in [6.07, 6.45) is 0.973. The number of carbonyl (C=O) groups is 2. The Balaban J connectivity index is 1.57. The average Bonchev–Trinajstić information content (AvgIpc) is 3.28. The van der Waals surface area contributed by atoms with Crippen molar-refractivity contribution in [1.29, 1.82) is 0 Å². The molecule has 0 bridgehead atoms. The number of hydrogen-bond donors (Lipinski definition) is 1. The molecule has 1 heterocycles. The van der Waals surface area contributed by atoms with Crippen molar-refractivity contribution < 1.29 is 19.4 Å². The van der Waals surface area contributed by atoms with Crippen LogP contribution in [0.3, 0.4) is 0 Å². The van der Waals surface area contributed by atoms with Crippen LogP contribution in [0.15, 0.2) is 61.2 Å². The van der Waals surface area contributed by atoms with Gasteiger partial charge in [0, 0.05) is 12.5 Å². The van der Waals surface area contributed by atoms with Crippen LogP contribution in [0.1, 0.15) is 32.4 Å². The van der Waals surface area contributed by atoms with Crippen LogP contribution in [0.2, 0.25) is 0 Å². The number of carboxylic acids is 1. The fourth-order valence-electron chi connectivity index (χ4n) is 3.73. The van der Waals surface area contributed by atoms with Gasteiger partial charge >= 0.3 is 12.1 Å². The van der Waals surface area contributed by atoms with Gasteiger partial charge in [0.2, 0.25) is 0 Å². The van der Waals surface area contributed by atoms with Crippen molar-refractivity contribution >= 4 is 28.5 Å². The molecule has 6 nitrogen and oxygen atoms in total. The fourth-order valence-corrected chi connectivity index (χ4v) is 4.63. The first-order chi connectivity index (χ1) is 14.5. The monoisotopic (exact) mass is 420 g/mol. The van der Waals surface area contributed by atoms with E-state index in [1.165, 1.54) is 4.90 Å². The molecule has 0 aliphatic heterocycles. The van der Waals surface area contributed by atoms with Crippen LogP contribution < -0.4 is 4.90 Å². The van der Waals surface area contributed by atoms with E-state index in [1.54, 1.807) is 13.0 Å². The van der Waals surface area contributed by atoms with Gasteiger partial charge in [-0.05, 0) is 29.2 Å². The molecule has 1 N–H and O–H groups in total. The predicted molar refractivity (Wildman–Crippen MR) is 116 cm³/mol. The molecule has 0 atom stereocenters. The van der Waals surface area contributed by atoms with E-state index < -0.39 is 12.1 Å². The van der Waals surface area contributed by atoms with Gasteiger partial charge in [0.25, 0.3) is 0 Å². The van der Waals surface area contributed by atoms with Gasteiger partial charge in [0.05, 0.1) is 5.69 Å². The first-order valence-electron chi connectivity index (χ1n) is 9.45. The Morgan fingerprint density at radius 2 is 1.77 bits per heavy atom. The van der Waals surface area contributed by atoms with Crippen molar-refractivity contribution in [2.45, 2.75) is 12.8 Å². The first kappa shape index (κ1) is 19.8. The summed E-state index contributed by atoms with van der Waals surface area (Å²) >= 11 is 0.946. The third kappa shape index (κ3) is 3.48. The summed E-state index contributed by atoms with van der Waals surface area (Å²) in [4.78, 5) is 29.9. The smallest absolute Gasteiger partial charge is 0.416 e. The molecule has 4 rings (SSSR count). The molecule has 7 heteroatoms. The van der Waals surface area contributed by atoms with E-state index in [-0.39, 0.29) is 29.1 Å². The Kier molecular flexibility index (Phi) is 5.37. The van der Waals surface area contributed by atoms with Gasteiger partial charge in [-0.2, -0.15) is 0 Å². The Bertz CT molecular complexity index is 1090. The molecule has 1 aliphatic carbocycles. The molecule has 30 heavy (non-hydrogen) atoms. The Morgan fingerprint density at radius 3 is 2.30 bits per heavy atom. The highest BCUT2D eigenvalue weighted by molar-refractivity contribution is 7.17. The molecule has 3 aromatic rings. The molecule has 0 saturated heterocycles. The van der Waals surface area contributed by atoms with Gasteiger partial charge in [-0.1, -0.05) is 65.9 Å². The maximum absolute atomic E-state index is 12.9. The summed E-state index contributed by atoms with van der Waals surface area (Å²) in [5, 5.41) is 9.56. The van der Waals surface area contributed by atoms with Gasteiger partial charge in [0.15, 0.2) is 5.13 Å². The highest BCUT2D eigenvalue weighted by atomic mass is 32.1. The molecule has 0 saturated carbocycles. The quantitative estimate of drug-likeness (QED) is 0.562. The number of amides is 1. The van der Waals surface area contributed by atoms with E-state index in [0.29, 0.717) is 5.69 Å². The number of benzene rings is 2. The lowest BCUT2D eigenvalue weighted by atomic mass is 9.98. The maximum atomic E-state index is 12.9. The standard InChI is InChI=1S/C23H20N2O4S/c1-3-12-25(22-24-14(2)20(30-22)21(26)27)23(28)29-13-19-17-10-6-4-8-15(17)16-9-5-7-11-18(16)19/h3-11,19H,1,12-13H2,2H3,(H,26,27). The fraction of sp³-hybridized carbons (Fsp3) is 0.174. The van der Waals surface area contributed by atoms with Crippen LogP contribution >= 0.6 is 11.3 Å². The largest absolute Gasteiger partial charge is 0.477 e. The number of fused-ring (bicyclic) bond motifs is 3. The van der Waals surface area contributed by atoms with Crippen LogP contribution in [-0.2, 0) is 4.74 Å². The number of carbonyl (C=O) groups excluding carboxylic acids is 1. The number of ether oxygens (including phenoxy) is 1. The van der Waals surface area contributed by atoms with E-state index >= 15 is 0 Å². The van der Waals surface area contributed by atoms with Crippen LogP contribution in [0.4, 0.5) is 9.93 Å². The number of aromatic nitrogens is 1. The van der Waals surface area contributed by atoms with Gasteiger partial charge in [-0.3, -0.25) is 0 Å². The van der Waals surface area contributed by atoms with Crippen LogP contribution in [0.25, 0.3) is 11.1 Å². The minimum absolute atomic E-state index is 0.0560. The molecular weight excluding hydrogens is 400 g/mol. The van der Waals surface area contributed by atoms with Gasteiger partial charge in [0.1, 0.15) is 11.5 Å². The number of carboxylic acid groups (broad SMARTS) is 1. The predicted octanol–water partition coefficient (Wildman–Crippen LogP) is 5.09. The molecule has 0 spiro atoms. The summed E-state index contributed by atoms with van der Waals surface area (Å²) in [5.41, 5.74) is 4.92. The minimum Gasteiger partial charge on any atom is -0.477 e. The number of rotatable bonds is 6. The van der Waals surface area contributed by atoms with Crippen molar-refractivity contribution in [3.8, 4) is 11.1 Å². The molecule has 1 aromatic heterocycles. The topological polar surface area (TPSA) is 79.7 Å². The van der Waals surface area contributed by atoms with Crippen LogP contribution in [0.5, 0.6) is 0 Å². The first-order valence-corrected chi connectivity index (χ1v) is 10.3. The maximum Gasteiger partial charge on any atom is 0.416 e. The molecule has 152 valence electrons. The normalized spacial score (nSPS) is 12.2. The Labute approximate surface area is 178 Å². The summed E-state index contributed by atoms with van der Waals surface area (Å²) in [6.45, 7) is 5.63. The van der Waals surface area contributed by atoms with Crippen LogP contribution in [-0.4, -0.2) is 35.3 Å². The Hall–Kier alpha value is -3.45. The SMILES string of the molecule is C=CCN(C(=O)OCC1c2ccccc2-c2ccccc21)c1nc(C)c(C(=O)O)s1. The third-order valence-electron chi connectivity index (χ3n) is 5.08. The third-order valence-corrected chi connectivity index (χ3v) is 6.25. The molecule has 1 amide bonds. The van der Waals surface area contributed by atoms with Crippen LogP contribution in [0, 0.1) is 6.92 Å². The van der Waals surface area contributed by atoms with E-state index in [2.05, 4.69) is 35.8 Å². The van der Waals surface area contributed by atoms with E-state index in [4.69, 9.17) is 4.74 Å².